The summed E-state index contributed by atoms with van der Waals surface area (Å²) in [6.45, 7) is 4.38. The number of aromatic nitrogens is 2. The molecule has 1 aromatic heterocycles. The maximum Gasteiger partial charge on any atom is 0.330 e. The fourth-order valence-electron chi connectivity index (χ4n) is 2.17. The molecule has 16 heavy (non-hydrogen) atoms. The van der Waals surface area contributed by atoms with Crippen LogP contribution in [0.4, 0.5) is 11.5 Å². The van der Waals surface area contributed by atoms with Crippen molar-refractivity contribution >= 4 is 11.5 Å². The highest BCUT2D eigenvalue weighted by molar-refractivity contribution is 5.51. The van der Waals surface area contributed by atoms with Crippen LogP contribution < -0.4 is 5.73 Å². The van der Waals surface area contributed by atoms with Gasteiger partial charge in [0.1, 0.15) is 6.20 Å². The summed E-state index contributed by atoms with van der Waals surface area (Å²) in [7, 11) is 0. The molecule has 0 spiro atoms. The smallest absolute Gasteiger partial charge is 0.330 e. The summed E-state index contributed by atoms with van der Waals surface area (Å²) in [6, 6.07) is 0.237. The lowest BCUT2D eigenvalue weighted by Gasteiger charge is -2.38. The maximum atomic E-state index is 10.6. The molecule has 6 nitrogen and oxygen atoms in total. The molecular formula is C10H16N4O2. The summed E-state index contributed by atoms with van der Waals surface area (Å²) in [5.41, 5.74) is 5.61. The van der Waals surface area contributed by atoms with Gasteiger partial charge in [0.2, 0.25) is 5.82 Å². The van der Waals surface area contributed by atoms with Gasteiger partial charge in [-0.3, -0.25) is 10.1 Å². The van der Waals surface area contributed by atoms with E-state index < -0.39 is 4.92 Å². The molecule has 0 bridgehead atoms. The quantitative estimate of drug-likeness (QED) is 0.628. The molecule has 0 saturated heterocycles. The number of anilines is 1. The molecule has 1 aliphatic rings. The average Bonchev–Trinajstić information content (AvgIpc) is 2.45. The molecule has 1 saturated carbocycles. The maximum absolute atomic E-state index is 10.6. The summed E-state index contributed by atoms with van der Waals surface area (Å²) in [6.07, 6.45) is 3.26. The molecule has 88 valence electrons. The van der Waals surface area contributed by atoms with Crippen LogP contribution >= 0.6 is 0 Å². The Balaban J connectivity index is 2.10. The van der Waals surface area contributed by atoms with Gasteiger partial charge in [0, 0.05) is 0 Å². The van der Waals surface area contributed by atoms with Crippen LogP contribution in [0, 0.1) is 22.0 Å². The third-order valence-electron chi connectivity index (χ3n) is 3.45. The van der Waals surface area contributed by atoms with E-state index in [1.54, 1.807) is 4.68 Å². The highest BCUT2D eigenvalue weighted by Gasteiger charge is 2.35. The molecule has 0 aromatic carbocycles. The molecule has 1 aromatic rings. The van der Waals surface area contributed by atoms with Crippen LogP contribution in [0.2, 0.25) is 0 Å². The molecule has 6 heteroatoms. The van der Waals surface area contributed by atoms with Gasteiger partial charge in [-0.25, -0.2) is 4.68 Å². The Kier molecular flexibility index (Phi) is 2.57. The van der Waals surface area contributed by atoms with Crippen molar-refractivity contribution in [2.24, 2.45) is 11.8 Å². The monoisotopic (exact) mass is 224 g/mol. The predicted octanol–water partition coefficient (Wildman–Crippen LogP) is 1.98. The Hall–Kier alpha value is -1.59. The van der Waals surface area contributed by atoms with Crippen LogP contribution in [-0.4, -0.2) is 14.7 Å². The fraction of sp³-hybridized carbons (Fsp3) is 0.700. The first-order chi connectivity index (χ1) is 7.50. The van der Waals surface area contributed by atoms with E-state index in [9.17, 15) is 10.1 Å². The molecule has 2 N–H and O–H groups in total. The van der Waals surface area contributed by atoms with Crippen molar-refractivity contribution in [1.82, 2.24) is 9.78 Å². The first kappa shape index (κ1) is 10.9. The summed E-state index contributed by atoms with van der Waals surface area (Å²) in [5.74, 6) is 1.52. The van der Waals surface area contributed by atoms with Crippen molar-refractivity contribution in [3.05, 3.63) is 16.3 Å². The Morgan fingerprint density at radius 2 is 2.25 bits per heavy atom. The second kappa shape index (κ2) is 3.77. The second-order valence-electron chi connectivity index (χ2n) is 4.75. The number of nitrogens with zero attached hydrogens (tertiary/aromatic N) is 3. The molecule has 1 heterocycles. The first-order valence-corrected chi connectivity index (χ1v) is 5.48. The van der Waals surface area contributed by atoms with Crippen LogP contribution in [0.3, 0.4) is 0 Å². The molecule has 2 rings (SSSR count). The number of rotatable bonds is 3. The van der Waals surface area contributed by atoms with Crippen molar-refractivity contribution in [3.63, 3.8) is 0 Å². The normalized spacial score (nSPS) is 24.4. The number of nitrogen functional groups attached to an aromatic ring is 1. The third-order valence-corrected chi connectivity index (χ3v) is 3.45. The van der Waals surface area contributed by atoms with Crippen molar-refractivity contribution in [3.8, 4) is 0 Å². The Morgan fingerprint density at radius 3 is 2.69 bits per heavy atom. The summed E-state index contributed by atoms with van der Waals surface area (Å²) >= 11 is 0. The number of hydrogen-bond donors (Lipinski definition) is 1. The average molecular weight is 224 g/mol. The van der Waals surface area contributed by atoms with Gasteiger partial charge in [0.05, 0.1) is 11.0 Å². The minimum Gasteiger partial charge on any atom is -0.378 e. The van der Waals surface area contributed by atoms with Crippen molar-refractivity contribution < 1.29 is 4.92 Å². The summed E-state index contributed by atoms with van der Waals surface area (Å²) in [4.78, 5) is 10.1. The van der Waals surface area contributed by atoms with E-state index in [1.807, 2.05) is 0 Å². The summed E-state index contributed by atoms with van der Waals surface area (Å²) < 4.78 is 1.59. The van der Waals surface area contributed by atoms with Gasteiger partial charge < -0.3 is 5.73 Å². The van der Waals surface area contributed by atoms with Crippen LogP contribution in [-0.2, 0) is 0 Å². The Morgan fingerprint density at radius 1 is 1.62 bits per heavy atom. The third kappa shape index (κ3) is 1.64. The zero-order valence-electron chi connectivity index (χ0n) is 9.46. The van der Waals surface area contributed by atoms with Gasteiger partial charge >= 0.3 is 5.69 Å². The predicted molar refractivity (Wildman–Crippen MR) is 59.9 cm³/mol. The number of nitro groups is 1. The molecule has 1 aliphatic carbocycles. The molecule has 0 atom stereocenters. The fourth-order valence-corrected chi connectivity index (χ4v) is 2.17. The lowest BCUT2D eigenvalue weighted by atomic mass is 9.74. The number of hydrogen-bond acceptors (Lipinski definition) is 4. The minimum absolute atomic E-state index is 0.0898. The zero-order valence-corrected chi connectivity index (χ0v) is 9.46. The highest BCUT2D eigenvalue weighted by Crippen LogP contribution is 2.43. The molecule has 0 aliphatic heterocycles. The largest absolute Gasteiger partial charge is 0.378 e. The molecule has 0 unspecified atom stereocenters. The SMILES string of the molecule is CC(C)C1CC(n2ncc([N+](=O)[O-])c2N)C1. The lowest BCUT2D eigenvalue weighted by Crippen LogP contribution is -2.31. The van der Waals surface area contributed by atoms with E-state index in [0.717, 1.165) is 12.8 Å². The van der Waals surface area contributed by atoms with E-state index >= 15 is 0 Å². The highest BCUT2D eigenvalue weighted by atomic mass is 16.6. The number of nitrogens with two attached hydrogens (primary N) is 1. The van der Waals surface area contributed by atoms with Crippen molar-refractivity contribution in [2.75, 3.05) is 5.73 Å². The molecule has 1 fully saturated rings. The van der Waals surface area contributed by atoms with E-state index in [2.05, 4.69) is 18.9 Å². The van der Waals surface area contributed by atoms with E-state index in [0.29, 0.717) is 11.8 Å². The van der Waals surface area contributed by atoms with E-state index in [1.165, 1.54) is 6.20 Å². The van der Waals surface area contributed by atoms with Crippen LogP contribution in [0.15, 0.2) is 6.20 Å². The van der Waals surface area contributed by atoms with Crippen LogP contribution in [0.25, 0.3) is 0 Å². The van der Waals surface area contributed by atoms with Gasteiger partial charge in [0.25, 0.3) is 0 Å². The van der Waals surface area contributed by atoms with Crippen molar-refractivity contribution in [2.45, 2.75) is 32.7 Å². The van der Waals surface area contributed by atoms with Crippen LogP contribution in [0.5, 0.6) is 0 Å². The standard InChI is InChI=1S/C10H16N4O2/c1-6(2)7-3-8(4-7)13-10(11)9(5-12-13)14(15)16/h5-8H,3-4,11H2,1-2H3. The van der Waals surface area contributed by atoms with E-state index in [4.69, 9.17) is 5.73 Å². The first-order valence-electron chi connectivity index (χ1n) is 5.48. The van der Waals surface area contributed by atoms with Crippen LogP contribution in [0.1, 0.15) is 32.7 Å². The van der Waals surface area contributed by atoms with Gasteiger partial charge in [-0.05, 0) is 24.7 Å². The van der Waals surface area contributed by atoms with Gasteiger partial charge in [-0.2, -0.15) is 5.10 Å². The Labute approximate surface area is 93.6 Å². The second-order valence-corrected chi connectivity index (χ2v) is 4.75. The molecule has 0 amide bonds. The topological polar surface area (TPSA) is 87.0 Å². The van der Waals surface area contributed by atoms with Gasteiger partial charge in [-0.1, -0.05) is 13.8 Å². The van der Waals surface area contributed by atoms with Crippen molar-refractivity contribution in [1.29, 1.82) is 0 Å². The molecule has 0 radical (unpaired) electrons. The van der Waals surface area contributed by atoms with E-state index in [-0.39, 0.29) is 17.5 Å². The lowest BCUT2D eigenvalue weighted by molar-refractivity contribution is -0.384. The zero-order chi connectivity index (χ0) is 11.9. The molecular weight excluding hydrogens is 208 g/mol. The van der Waals surface area contributed by atoms with Gasteiger partial charge in [0.15, 0.2) is 0 Å². The minimum atomic E-state index is -0.489. The summed E-state index contributed by atoms with van der Waals surface area (Å²) in [5, 5.41) is 14.6. The van der Waals surface area contributed by atoms with Gasteiger partial charge in [-0.15, -0.1) is 0 Å². The Bertz CT molecular complexity index is 407.